The number of halogens is 2. The van der Waals surface area contributed by atoms with Crippen LogP contribution >= 0.6 is 23.2 Å². The van der Waals surface area contributed by atoms with Gasteiger partial charge in [-0.25, -0.2) is 0 Å². The second kappa shape index (κ2) is 5.67. The van der Waals surface area contributed by atoms with Crippen molar-refractivity contribution in [2.24, 2.45) is 0 Å². The standard InChI is InChI=1S/C7H8Cl2N4O2/c1-15-4(14)2-3-10-6-5(8)12-13-7(9)11-6/h2-3H2,1H3,(H,10,11,13). The van der Waals surface area contributed by atoms with Crippen LogP contribution in [0.3, 0.4) is 0 Å². The predicted octanol–water partition coefficient (Wildman–Crippen LogP) is 1.15. The second-order valence-electron chi connectivity index (χ2n) is 2.47. The first-order valence-corrected chi connectivity index (χ1v) is 4.75. The normalized spacial score (nSPS) is 9.80. The van der Waals surface area contributed by atoms with Gasteiger partial charge in [-0.2, -0.15) is 4.98 Å². The highest BCUT2D eigenvalue weighted by Crippen LogP contribution is 2.16. The number of carbonyl (C=O) groups excluding carboxylic acids is 1. The molecule has 1 aromatic heterocycles. The zero-order valence-corrected chi connectivity index (χ0v) is 9.34. The second-order valence-corrected chi connectivity index (χ2v) is 3.17. The molecule has 0 aliphatic carbocycles. The Hall–Kier alpha value is -1.14. The van der Waals surface area contributed by atoms with E-state index in [2.05, 4.69) is 25.2 Å². The molecule has 1 N–H and O–H groups in total. The molecule has 15 heavy (non-hydrogen) atoms. The van der Waals surface area contributed by atoms with Crippen molar-refractivity contribution in [1.82, 2.24) is 15.2 Å². The first-order valence-electron chi connectivity index (χ1n) is 4.00. The highest BCUT2D eigenvalue weighted by molar-refractivity contribution is 6.32. The van der Waals surface area contributed by atoms with Crippen LogP contribution in [0.4, 0.5) is 5.82 Å². The molecule has 0 saturated carbocycles. The van der Waals surface area contributed by atoms with Crippen LogP contribution in [0.15, 0.2) is 0 Å². The molecule has 0 aliphatic heterocycles. The minimum atomic E-state index is -0.327. The summed E-state index contributed by atoms with van der Waals surface area (Å²) in [5, 5.41) is 9.85. The molecule has 0 atom stereocenters. The van der Waals surface area contributed by atoms with E-state index in [1.54, 1.807) is 0 Å². The molecule has 0 radical (unpaired) electrons. The van der Waals surface area contributed by atoms with Crippen molar-refractivity contribution >= 4 is 35.0 Å². The number of methoxy groups -OCH3 is 1. The summed E-state index contributed by atoms with van der Waals surface area (Å²) >= 11 is 11.2. The fourth-order valence-electron chi connectivity index (χ4n) is 0.791. The first-order chi connectivity index (χ1) is 7.13. The molecule has 0 bridgehead atoms. The maximum absolute atomic E-state index is 10.8. The molecular weight excluding hydrogens is 243 g/mol. The molecule has 6 nitrogen and oxygen atoms in total. The molecule has 0 amide bonds. The molecule has 1 rings (SSSR count). The SMILES string of the molecule is COC(=O)CCNc1nc(Cl)nnc1Cl. The summed E-state index contributed by atoms with van der Waals surface area (Å²) < 4.78 is 4.46. The third-order valence-corrected chi connectivity index (χ3v) is 1.88. The molecule has 0 fully saturated rings. The van der Waals surface area contributed by atoms with Gasteiger partial charge in [-0.15, -0.1) is 10.2 Å². The zero-order valence-electron chi connectivity index (χ0n) is 7.83. The van der Waals surface area contributed by atoms with E-state index in [4.69, 9.17) is 23.2 Å². The Labute approximate surface area is 96.0 Å². The van der Waals surface area contributed by atoms with E-state index in [0.717, 1.165) is 0 Å². The highest BCUT2D eigenvalue weighted by Gasteiger charge is 2.06. The molecule has 8 heteroatoms. The van der Waals surface area contributed by atoms with Crippen molar-refractivity contribution in [2.45, 2.75) is 6.42 Å². The highest BCUT2D eigenvalue weighted by atomic mass is 35.5. The minimum absolute atomic E-state index is 0.0139. The van der Waals surface area contributed by atoms with Gasteiger partial charge in [0.05, 0.1) is 13.5 Å². The number of anilines is 1. The zero-order chi connectivity index (χ0) is 11.3. The maximum atomic E-state index is 10.8. The lowest BCUT2D eigenvalue weighted by molar-refractivity contribution is -0.140. The third-order valence-electron chi connectivity index (χ3n) is 1.47. The summed E-state index contributed by atoms with van der Waals surface area (Å²) in [6.07, 6.45) is 0.203. The van der Waals surface area contributed by atoms with E-state index in [1.165, 1.54) is 7.11 Å². The summed E-state index contributed by atoms with van der Waals surface area (Å²) in [6, 6.07) is 0. The van der Waals surface area contributed by atoms with Gasteiger partial charge in [-0.05, 0) is 11.6 Å². The third kappa shape index (κ3) is 3.85. The van der Waals surface area contributed by atoms with E-state index in [1.807, 2.05) is 0 Å². The number of hydrogen-bond acceptors (Lipinski definition) is 6. The quantitative estimate of drug-likeness (QED) is 0.809. The lowest BCUT2D eigenvalue weighted by atomic mass is 10.4. The summed E-state index contributed by atoms with van der Waals surface area (Å²) in [6.45, 7) is 0.335. The molecular formula is C7H8Cl2N4O2. The number of nitrogens with zero attached hydrogens (tertiary/aromatic N) is 3. The lowest BCUT2D eigenvalue weighted by Gasteiger charge is -2.04. The fourth-order valence-corrected chi connectivity index (χ4v) is 1.06. The Morgan fingerprint density at radius 2 is 2.20 bits per heavy atom. The molecule has 1 aromatic rings. The number of hydrogen-bond donors (Lipinski definition) is 1. The van der Waals surface area contributed by atoms with Gasteiger partial charge in [0, 0.05) is 6.54 Å². The van der Waals surface area contributed by atoms with Crippen molar-refractivity contribution in [3.8, 4) is 0 Å². The number of ether oxygens (including phenoxy) is 1. The van der Waals surface area contributed by atoms with Crippen LogP contribution in [-0.4, -0.2) is 34.8 Å². The molecule has 0 aliphatic rings. The smallest absolute Gasteiger partial charge is 0.307 e. The minimum Gasteiger partial charge on any atom is -0.469 e. The van der Waals surface area contributed by atoms with Crippen LogP contribution < -0.4 is 5.32 Å². The number of aromatic nitrogens is 3. The first kappa shape index (κ1) is 11.9. The van der Waals surface area contributed by atoms with Crippen molar-refractivity contribution in [3.05, 3.63) is 10.4 Å². The number of nitrogens with one attached hydrogen (secondary N) is 1. The van der Waals surface area contributed by atoms with Crippen LogP contribution in [0.1, 0.15) is 6.42 Å². The van der Waals surface area contributed by atoms with E-state index in [-0.39, 0.29) is 22.8 Å². The van der Waals surface area contributed by atoms with Gasteiger partial charge in [0.25, 0.3) is 0 Å². The Kier molecular flexibility index (Phi) is 4.51. The van der Waals surface area contributed by atoms with Gasteiger partial charge in [0.1, 0.15) is 0 Å². The summed E-state index contributed by atoms with van der Waals surface area (Å²) in [5.41, 5.74) is 0. The Bertz CT molecular complexity index is 361. The van der Waals surface area contributed by atoms with Gasteiger partial charge in [0.15, 0.2) is 11.0 Å². The van der Waals surface area contributed by atoms with Crippen molar-refractivity contribution < 1.29 is 9.53 Å². The number of rotatable bonds is 4. The Balaban J connectivity index is 2.50. The largest absolute Gasteiger partial charge is 0.469 e. The number of carbonyl (C=O) groups is 1. The topological polar surface area (TPSA) is 77.0 Å². The van der Waals surface area contributed by atoms with Gasteiger partial charge < -0.3 is 10.1 Å². The monoisotopic (exact) mass is 250 g/mol. The summed E-state index contributed by atoms with van der Waals surface area (Å²) in [4.78, 5) is 14.6. The molecule has 1 heterocycles. The van der Waals surface area contributed by atoms with Crippen LogP contribution in [0, 0.1) is 0 Å². The average Bonchev–Trinajstić information content (AvgIpc) is 2.23. The maximum Gasteiger partial charge on any atom is 0.307 e. The van der Waals surface area contributed by atoms with Gasteiger partial charge in [0.2, 0.25) is 5.28 Å². The van der Waals surface area contributed by atoms with Crippen LogP contribution in [0.5, 0.6) is 0 Å². The summed E-state index contributed by atoms with van der Waals surface area (Å²) in [5.74, 6) is -0.0349. The molecule has 0 unspecified atom stereocenters. The molecule has 0 saturated heterocycles. The van der Waals surface area contributed by atoms with Crippen molar-refractivity contribution in [2.75, 3.05) is 19.0 Å². The lowest BCUT2D eigenvalue weighted by Crippen LogP contribution is -2.11. The fraction of sp³-hybridized carbons (Fsp3) is 0.429. The van der Waals surface area contributed by atoms with E-state index in [0.29, 0.717) is 12.4 Å². The summed E-state index contributed by atoms with van der Waals surface area (Å²) in [7, 11) is 1.32. The van der Waals surface area contributed by atoms with Crippen molar-refractivity contribution in [1.29, 1.82) is 0 Å². The molecule has 0 aromatic carbocycles. The Morgan fingerprint density at radius 3 is 2.87 bits per heavy atom. The van der Waals surface area contributed by atoms with Crippen LogP contribution in [-0.2, 0) is 9.53 Å². The van der Waals surface area contributed by atoms with Gasteiger partial charge >= 0.3 is 5.97 Å². The number of esters is 1. The molecule has 0 spiro atoms. The van der Waals surface area contributed by atoms with E-state index < -0.39 is 0 Å². The van der Waals surface area contributed by atoms with Crippen molar-refractivity contribution in [3.63, 3.8) is 0 Å². The van der Waals surface area contributed by atoms with Gasteiger partial charge in [-0.3, -0.25) is 4.79 Å². The van der Waals surface area contributed by atoms with Crippen LogP contribution in [0.2, 0.25) is 10.4 Å². The van der Waals surface area contributed by atoms with Gasteiger partial charge in [-0.1, -0.05) is 11.6 Å². The van der Waals surface area contributed by atoms with E-state index >= 15 is 0 Å². The van der Waals surface area contributed by atoms with Crippen LogP contribution in [0.25, 0.3) is 0 Å². The predicted molar refractivity (Wildman–Crippen MR) is 55.0 cm³/mol. The van der Waals surface area contributed by atoms with E-state index in [9.17, 15) is 4.79 Å². The Morgan fingerprint density at radius 1 is 1.47 bits per heavy atom. The molecule has 82 valence electrons. The average molecular weight is 251 g/mol.